The van der Waals surface area contributed by atoms with Crippen LogP contribution < -0.4 is 10.1 Å². The van der Waals surface area contributed by atoms with Gasteiger partial charge in [-0.2, -0.15) is 0 Å². The van der Waals surface area contributed by atoms with Crippen LogP contribution >= 0.6 is 0 Å². The quantitative estimate of drug-likeness (QED) is 0.612. The molecule has 1 aliphatic rings. The summed E-state index contributed by atoms with van der Waals surface area (Å²) in [6, 6.07) is 14.3. The molecule has 1 atom stereocenters. The molecular weight excluding hydrogens is 407 g/mol. The topological polar surface area (TPSA) is 67.3 Å². The fourth-order valence-corrected chi connectivity index (χ4v) is 4.05. The standard InChI is InChI=1S/C25H27FN4O2/c1-17-23(25(31)28-13-18-5-4-8-22(12-18)32-2)14-27-24(29-17)20-9-10-30(16-20)15-19-6-3-7-21(26)11-19/h3-8,11-12,14,20H,9-10,13,15-16H2,1-2H3,(H,28,31)/t20-/m1/s1. The molecule has 6 nitrogen and oxygen atoms in total. The number of carbonyl (C=O) groups excluding carboxylic acids is 1. The van der Waals surface area contributed by atoms with Crippen LogP contribution in [0.2, 0.25) is 0 Å². The van der Waals surface area contributed by atoms with Crippen LogP contribution in [0.25, 0.3) is 0 Å². The lowest BCUT2D eigenvalue weighted by Gasteiger charge is -2.16. The summed E-state index contributed by atoms with van der Waals surface area (Å²) in [6.45, 7) is 4.67. The van der Waals surface area contributed by atoms with Crippen molar-refractivity contribution >= 4 is 5.91 Å². The van der Waals surface area contributed by atoms with Gasteiger partial charge in [0.1, 0.15) is 17.4 Å². The van der Waals surface area contributed by atoms with Gasteiger partial charge in [0.15, 0.2) is 0 Å². The zero-order valence-electron chi connectivity index (χ0n) is 18.3. The number of aromatic nitrogens is 2. The third kappa shape index (κ3) is 5.29. The summed E-state index contributed by atoms with van der Waals surface area (Å²) in [6.07, 6.45) is 2.56. The molecule has 0 saturated carbocycles. The predicted octanol–water partition coefficient (Wildman–Crippen LogP) is 3.85. The zero-order chi connectivity index (χ0) is 22.5. The minimum absolute atomic E-state index is 0.198. The van der Waals surface area contributed by atoms with E-state index in [-0.39, 0.29) is 17.6 Å². The number of rotatable bonds is 7. The molecule has 4 rings (SSSR count). The summed E-state index contributed by atoms with van der Waals surface area (Å²) in [4.78, 5) is 24.1. The van der Waals surface area contributed by atoms with E-state index in [1.54, 1.807) is 25.4 Å². The smallest absolute Gasteiger partial charge is 0.254 e. The van der Waals surface area contributed by atoms with Crippen molar-refractivity contribution in [3.05, 3.63) is 88.8 Å². The van der Waals surface area contributed by atoms with E-state index in [0.29, 0.717) is 24.3 Å². The molecule has 0 radical (unpaired) electrons. The molecular formula is C25H27FN4O2. The van der Waals surface area contributed by atoms with Crippen LogP contribution in [0.3, 0.4) is 0 Å². The van der Waals surface area contributed by atoms with Gasteiger partial charge < -0.3 is 10.1 Å². The highest BCUT2D eigenvalue weighted by Gasteiger charge is 2.27. The Hall–Kier alpha value is -3.32. The maximum Gasteiger partial charge on any atom is 0.254 e. The Morgan fingerprint density at radius 3 is 2.81 bits per heavy atom. The zero-order valence-corrected chi connectivity index (χ0v) is 18.3. The van der Waals surface area contributed by atoms with Crippen LogP contribution in [0.4, 0.5) is 4.39 Å². The van der Waals surface area contributed by atoms with Gasteiger partial charge in [-0.15, -0.1) is 0 Å². The molecule has 32 heavy (non-hydrogen) atoms. The number of amides is 1. The Bertz CT molecular complexity index is 1100. The highest BCUT2D eigenvalue weighted by atomic mass is 19.1. The number of ether oxygens (including phenoxy) is 1. The first-order valence-corrected chi connectivity index (χ1v) is 10.7. The third-order valence-corrected chi connectivity index (χ3v) is 5.76. The normalized spacial score (nSPS) is 16.2. The number of hydrogen-bond acceptors (Lipinski definition) is 5. The van der Waals surface area contributed by atoms with Crippen molar-refractivity contribution in [2.24, 2.45) is 0 Å². The fourth-order valence-electron chi connectivity index (χ4n) is 4.05. The molecule has 0 unspecified atom stereocenters. The van der Waals surface area contributed by atoms with Gasteiger partial charge in [-0.3, -0.25) is 9.69 Å². The van der Waals surface area contributed by atoms with Crippen LogP contribution in [0.5, 0.6) is 5.75 Å². The van der Waals surface area contributed by atoms with Crippen molar-refractivity contribution < 1.29 is 13.9 Å². The molecule has 1 saturated heterocycles. The van der Waals surface area contributed by atoms with Crippen LogP contribution in [0, 0.1) is 12.7 Å². The Labute approximate surface area is 187 Å². The second-order valence-corrected chi connectivity index (χ2v) is 8.11. The van der Waals surface area contributed by atoms with E-state index in [0.717, 1.165) is 42.2 Å². The van der Waals surface area contributed by atoms with E-state index in [4.69, 9.17) is 4.74 Å². The number of benzene rings is 2. The van der Waals surface area contributed by atoms with Gasteiger partial charge in [0, 0.05) is 31.7 Å². The third-order valence-electron chi connectivity index (χ3n) is 5.76. The molecule has 1 aliphatic heterocycles. The fraction of sp³-hybridized carbons (Fsp3) is 0.320. The largest absolute Gasteiger partial charge is 0.497 e. The summed E-state index contributed by atoms with van der Waals surface area (Å²) in [7, 11) is 1.62. The Morgan fingerprint density at radius 2 is 2.03 bits per heavy atom. The SMILES string of the molecule is COc1cccc(CNC(=O)c2cnc([C@@H]3CCN(Cc4cccc(F)c4)C3)nc2C)c1. The summed E-state index contributed by atoms with van der Waals surface area (Å²) in [5.41, 5.74) is 3.07. The first kappa shape index (κ1) is 21.9. The van der Waals surface area contributed by atoms with Crippen molar-refractivity contribution in [1.82, 2.24) is 20.2 Å². The highest BCUT2D eigenvalue weighted by Crippen LogP contribution is 2.26. The number of nitrogens with one attached hydrogen (secondary N) is 1. The van der Waals surface area contributed by atoms with Crippen molar-refractivity contribution in [1.29, 1.82) is 0 Å². The molecule has 2 aromatic carbocycles. The molecule has 0 spiro atoms. The van der Waals surface area contributed by atoms with Gasteiger partial charge in [-0.05, 0) is 55.3 Å². The lowest BCUT2D eigenvalue weighted by Crippen LogP contribution is -2.25. The second kappa shape index (κ2) is 9.87. The maximum absolute atomic E-state index is 13.4. The lowest BCUT2D eigenvalue weighted by molar-refractivity contribution is 0.0949. The summed E-state index contributed by atoms with van der Waals surface area (Å²) < 4.78 is 18.7. The lowest BCUT2D eigenvalue weighted by atomic mass is 10.1. The monoisotopic (exact) mass is 434 g/mol. The predicted molar refractivity (Wildman–Crippen MR) is 120 cm³/mol. The second-order valence-electron chi connectivity index (χ2n) is 8.11. The van der Waals surface area contributed by atoms with E-state index in [1.807, 2.05) is 37.3 Å². The van der Waals surface area contributed by atoms with Gasteiger partial charge >= 0.3 is 0 Å². The van der Waals surface area contributed by atoms with Gasteiger partial charge in [0.25, 0.3) is 5.91 Å². The number of methoxy groups -OCH3 is 1. The minimum Gasteiger partial charge on any atom is -0.497 e. The number of aryl methyl sites for hydroxylation is 1. The number of halogens is 1. The van der Waals surface area contributed by atoms with Crippen LogP contribution in [-0.2, 0) is 13.1 Å². The maximum atomic E-state index is 13.4. The summed E-state index contributed by atoms with van der Waals surface area (Å²) >= 11 is 0. The molecule has 0 aliphatic carbocycles. The van der Waals surface area contributed by atoms with Crippen molar-refractivity contribution in [3.63, 3.8) is 0 Å². The Kier molecular flexibility index (Phi) is 6.75. The van der Waals surface area contributed by atoms with Gasteiger partial charge in [-0.25, -0.2) is 14.4 Å². The van der Waals surface area contributed by atoms with E-state index in [2.05, 4.69) is 20.2 Å². The van der Waals surface area contributed by atoms with Crippen molar-refractivity contribution in [2.75, 3.05) is 20.2 Å². The number of nitrogens with zero attached hydrogens (tertiary/aromatic N) is 3. The minimum atomic E-state index is -0.211. The van der Waals surface area contributed by atoms with Crippen LogP contribution in [0.1, 0.15) is 45.3 Å². The van der Waals surface area contributed by atoms with E-state index >= 15 is 0 Å². The van der Waals surface area contributed by atoms with Crippen molar-refractivity contribution in [3.8, 4) is 5.75 Å². The molecule has 1 amide bonds. The molecule has 1 aromatic heterocycles. The Morgan fingerprint density at radius 1 is 1.22 bits per heavy atom. The highest BCUT2D eigenvalue weighted by molar-refractivity contribution is 5.94. The van der Waals surface area contributed by atoms with Crippen LogP contribution in [-0.4, -0.2) is 41.0 Å². The number of carbonyl (C=O) groups is 1. The van der Waals surface area contributed by atoms with E-state index < -0.39 is 0 Å². The van der Waals surface area contributed by atoms with Crippen molar-refractivity contribution in [2.45, 2.75) is 32.4 Å². The molecule has 1 N–H and O–H groups in total. The average molecular weight is 435 g/mol. The molecule has 2 heterocycles. The number of likely N-dealkylation sites (tertiary alicyclic amines) is 1. The van der Waals surface area contributed by atoms with Gasteiger partial charge in [0.2, 0.25) is 0 Å². The summed E-state index contributed by atoms with van der Waals surface area (Å²) in [5.74, 6) is 1.31. The first-order valence-electron chi connectivity index (χ1n) is 10.7. The first-order chi connectivity index (χ1) is 15.5. The molecule has 1 fully saturated rings. The average Bonchev–Trinajstić information content (AvgIpc) is 3.26. The molecule has 7 heteroatoms. The van der Waals surface area contributed by atoms with Gasteiger partial charge in [-0.1, -0.05) is 24.3 Å². The van der Waals surface area contributed by atoms with Gasteiger partial charge in [0.05, 0.1) is 18.4 Å². The van der Waals surface area contributed by atoms with E-state index in [9.17, 15) is 9.18 Å². The summed E-state index contributed by atoms with van der Waals surface area (Å²) in [5, 5.41) is 2.92. The van der Waals surface area contributed by atoms with E-state index in [1.165, 1.54) is 6.07 Å². The molecule has 0 bridgehead atoms. The molecule has 3 aromatic rings. The number of hydrogen-bond donors (Lipinski definition) is 1. The molecule has 166 valence electrons. The van der Waals surface area contributed by atoms with Crippen LogP contribution in [0.15, 0.2) is 54.7 Å². The Balaban J connectivity index is 1.36.